The molecule has 6 heteroatoms. The molecule has 1 aliphatic rings. The second kappa shape index (κ2) is 5.28. The van der Waals surface area contributed by atoms with Gasteiger partial charge in [-0.2, -0.15) is 0 Å². The van der Waals surface area contributed by atoms with E-state index in [1.165, 1.54) is 0 Å². The van der Waals surface area contributed by atoms with Crippen molar-refractivity contribution < 1.29 is 9.59 Å². The van der Waals surface area contributed by atoms with Gasteiger partial charge in [0.25, 0.3) is 5.91 Å². The first-order chi connectivity index (χ1) is 8.96. The molecule has 19 heavy (non-hydrogen) atoms. The van der Waals surface area contributed by atoms with Gasteiger partial charge >= 0.3 is 0 Å². The second-order valence-corrected chi connectivity index (χ2v) is 5.92. The predicted molar refractivity (Wildman–Crippen MR) is 74.6 cm³/mol. The van der Waals surface area contributed by atoms with Crippen molar-refractivity contribution in [2.24, 2.45) is 5.41 Å². The van der Waals surface area contributed by atoms with Crippen molar-refractivity contribution in [2.75, 3.05) is 20.1 Å². The number of likely N-dealkylation sites (tertiary alicyclic amines) is 1. The lowest BCUT2D eigenvalue weighted by Gasteiger charge is -2.22. The first kappa shape index (κ1) is 14.0. The van der Waals surface area contributed by atoms with Crippen LogP contribution >= 0.6 is 15.9 Å². The molecule has 1 atom stereocenters. The molecule has 1 N–H and O–H groups in total. The zero-order valence-corrected chi connectivity index (χ0v) is 12.5. The van der Waals surface area contributed by atoms with E-state index in [2.05, 4.69) is 26.2 Å². The van der Waals surface area contributed by atoms with Gasteiger partial charge in [-0.15, -0.1) is 0 Å². The van der Waals surface area contributed by atoms with Crippen molar-refractivity contribution in [2.45, 2.75) is 13.3 Å². The molecule has 5 nitrogen and oxygen atoms in total. The van der Waals surface area contributed by atoms with Gasteiger partial charge in [-0.1, -0.05) is 0 Å². The summed E-state index contributed by atoms with van der Waals surface area (Å²) in [6.45, 7) is 2.92. The first-order valence-corrected chi connectivity index (χ1v) is 6.87. The SMILES string of the molecule is CNC(=O)C1(C)CCN(C(=O)c2cncc(Br)c2)C1. The van der Waals surface area contributed by atoms with Gasteiger partial charge in [0, 0.05) is 37.0 Å². The van der Waals surface area contributed by atoms with Gasteiger partial charge in [0.2, 0.25) is 5.91 Å². The Morgan fingerprint density at radius 3 is 2.84 bits per heavy atom. The maximum Gasteiger partial charge on any atom is 0.255 e. The van der Waals surface area contributed by atoms with Crippen molar-refractivity contribution >= 4 is 27.7 Å². The topological polar surface area (TPSA) is 62.3 Å². The summed E-state index contributed by atoms with van der Waals surface area (Å²) >= 11 is 3.30. The number of carbonyl (C=O) groups is 2. The number of hydrogen-bond donors (Lipinski definition) is 1. The molecule has 0 aromatic carbocycles. The van der Waals surface area contributed by atoms with Crippen LogP contribution in [0.25, 0.3) is 0 Å². The van der Waals surface area contributed by atoms with Crippen LogP contribution in [0.1, 0.15) is 23.7 Å². The van der Waals surface area contributed by atoms with E-state index in [-0.39, 0.29) is 11.8 Å². The van der Waals surface area contributed by atoms with Gasteiger partial charge < -0.3 is 10.2 Å². The van der Waals surface area contributed by atoms with Gasteiger partial charge in [0.05, 0.1) is 11.0 Å². The number of halogens is 1. The molecule has 0 spiro atoms. The fourth-order valence-corrected chi connectivity index (χ4v) is 2.70. The Labute approximate surface area is 120 Å². The van der Waals surface area contributed by atoms with Crippen LogP contribution in [-0.2, 0) is 4.79 Å². The van der Waals surface area contributed by atoms with E-state index in [1.54, 1.807) is 30.4 Å². The van der Waals surface area contributed by atoms with E-state index in [9.17, 15) is 9.59 Å². The number of carbonyl (C=O) groups excluding carboxylic acids is 2. The van der Waals surface area contributed by atoms with Gasteiger partial charge in [0.1, 0.15) is 0 Å². The minimum Gasteiger partial charge on any atom is -0.359 e. The summed E-state index contributed by atoms with van der Waals surface area (Å²) < 4.78 is 0.770. The molecule has 0 aliphatic carbocycles. The van der Waals surface area contributed by atoms with Crippen molar-refractivity contribution in [3.8, 4) is 0 Å². The minimum absolute atomic E-state index is 0.0184. The fraction of sp³-hybridized carbons (Fsp3) is 0.462. The van der Waals surface area contributed by atoms with Crippen LogP contribution in [0.3, 0.4) is 0 Å². The Hall–Kier alpha value is -1.43. The molecule has 1 aliphatic heterocycles. The van der Waals surface area contributed by atoms with Crippen molar-refractivity contribution in [1.29, 1.82) is 0 Å². The molecular formula is C13H16BrN3O2. The lowest BCUT2D eigenvalue weighted by Crippen LogP contribution is -2.40. The number of rotatable bonds is 2. The Morgan fingerprint density at radius 1 is 1.47 bits per heavy atom. The molecule has 0 radical (unpaired) electrons. The van der Waals surface area contributed by atoms with Crippen LogP contribution in [0.5, 0.6) is 0 Å². The molecule has 2 heterocycles. The van der Waals surface area contributed by atoms with Crippen molar-refractivity contribution in [3.05, 3.63) is 28.5 Å². The number of nitrogens with one attached hydrogen (secondary N) is 1. The number of pyridine rings is 1. The lowest BCUT2D eigenvalue weighted by atomic mass is 9.89. The summed E-state index contributed by atoms with van der Waals surface area (Å²) in [5, 5.41) is 2.66. The summed E-state index contributed by atoms with van der Waals surface area (Å²) in [5.74, 6) is -0.100. The molecule has 1 aromatic rings. The first-order valence-electron chi connectivity index (χ1n) is 6.08. The summed E-state index contributed by atoms with van der Waals surface area (Å²) in [7, 11) is 1.62. The van der Waals surface area contributed by atoms with Gasteiger partial charge in [-0.3, -0.25) is 14.6 Å². The zero-order valence-electron chi connectivity index (χ0n) is 10.9. The number of aromatic nitrogens is 1. The average Bonchev–Trinajstić information content (AvgIpc) is 2.81. The molecule has 2 rings (SSSR count). The van der Waals surface area contributed by atoms with Crippen LogP contribution in [0.15, 0.2) is 22.9 Å². The average molecular weight is 326 g/mol. The molecule has 1 saturated heterocycles. The molecule has 1 fully saturated rings. The van der Waals surface area contributed by atoms with Crippen molar-refractivity contribution in [1.82, 2.24) is 15.2 Å². The monoisotopic (exact) mass is 325 g/mol. The maximum atomic E-state index is 12.3. The van der Waals surface area contributed by atoms with E-state index in [0.717, 1.165) is 4.47 Å². The highest BCUT2D eigenvalue weighted by molar-refractivity contribution is 9.10. The molecular weight excluding hydrogens is 310 g/mol. The second-order valence-electron chi connectivity index (χ2n) is 5.01. The third kappa shape index (κ3) is 2.78. The predicted octanol–water partition coefficient (Wildman–Crippen LogP) is 1.44. The van der Waals surface area contributed by atoms with Crippen LogP contribution in [0, 0.1) is 5.41 Å². The highest BCUT2D eigenvalue weighted by Crippen LogP contribution is 2.31. The molecule has 1 aromatic heterocycles. The number of nitrogens with zero attached hydrogens (tertiary/aromatic N) is 2. The van der Waals surface area contributed by atoms with Crippen LogP contribution in [0.4, 0.5) is 0 Å². The van der Waals surface area contributed by atoms with E-state index >= 15 is 0 Å². The van der Waals surface area contributed by atoms with Gasteiger partial charge in [-0.25, -0.2) is 0 Å². The number of amides is 2. The van der Waals surface area contributed by atoms with Gasteiger partial charge in [0.15, 0.2) is 0 Å². The summed E-state index contributed by atoms with van der Waals surface area (Å²) in [5.41, 5.74) is 0.0413. The summed E-state index contributed by atoms with van der Waals surface area (Å²) in [6.07, 6.45) is 3.86. The third-order valence-corrected chi connectivity index (χ3v) is 3.92. The Bertz CT molecular complexity index is 520. The highest BCUT2D eigenvalue weighted by Gasteiger charge is 2.41. The largest absolute Gasteiger partial charge is 0.359 e. The normalized spacial score (nSPS) is 22.4. The molecule has 1 unspecified atom stereocenters. The standard InChI is InChI=1S/C13H16BrN3O2/c1-13(12(19)15-2)3-4-17(8-13)11(18)9-5-10(14)7-16-6-9/h5-7H,3-4,8H2,1-2H3,(H,15,19). The zero-order chi connectivity index (χ0) is 14.0. The molecule has 2 amide bonds. The number of hydrogen-bond acceptors (Lipinski definition) is 3. The fourth-order valence-electron chi connectivity index (χ4n) is 2.33. The molecule has 0 saturated carbocycles. The quantitative estimate of drug-likeness (QED) is 0.895. The molecule has 0 bridgehead atoms. The summed E-state index contributed by atoms with van der Waals surface area (Å²) in [6, 6.07) is 1.74. The van der Waals surface area contributed by atoms with E-state index in [4.69, 9.17) is 0 Å². The van der Waals surface area contributed by atoms with Gasteiger partial charge in [-0.05, 0) is 35.3 Å². The lowest BCUT2D eigenvalue weighted by molar-refractivity contribution is -0.128. The van der Waals surface area contributed by atoms with Crippen LogP contribution in [-0.4, -0.2) is 41.8 Å². The highest BCUT2D eigenvalue weighted by atomic mass is 79.9. The van der Waals surface area contributed by atoms with Crippen LogP contribution in [0.2, 0.25) is 0 Å². The minimum atomic E-state index is -0.496. The smallest absolute Gasteiger partial charge is 0.255 e. The Balaban J connectivity index is 2.13. The van der Waals surface area contributed by atoms with E-state index in [1.807, 2.05) is 6.92 Å². The molecule has 102 valence electrons. The van der Waals surface area contributed by atoms with Crippen molar-refractivity contribution in [3.63, 3.8) is 0 Å². The Morgan fingerprint density at radius 2 is 2.21 bits per heavy atom. The Kier molecular flexibility index (Phi) is 3.89. The van der Waals surface area contributed by atoms with E-state index < -0.39 is 5.41 Å². The summed E-state index contributed by atoms with van der Waals surface area (Å²) in [4.78, 5) is 29.9. The maximum absolute atomic E-state index is 12.3. The van der Waals surface area contributed by atoms with Crippen LogP contribution < -0.4 is 5.32 Å². The third-order valence-electron chi connectivity index (χ3n) is 3.49. The van der Waals surface area contributed by atoms with E-state index in [0.29, 0.717) is 25.1 Å².